The SMILES string of the molecule is Brc1ccccc1CC1CN(c2ncnc3[nH]ncc23)C1. The fraction of sp³-hybridized carbons (Fsp3) is 0.267. The Morgan fingerprint density at radius 3 is 2.95 bits per heavy atom. The average molecular weight is 344 g/mol. The molecular formula is C15H14BrN5. The summed E-state index contributed by atoms with van der Waals surface area (Å²) < 4.78 is 1.20. The van der Waals surface area contributed by atoms with E-state index in [1.54, 1.807) is 12.5 Å². The van der Waals surface area contributed by atoms with Crippen LogP contribution in [-0.4, -0.2) is 33.3 Å². The first-order valence-electron chi connectivity index (χ1n) is 6.93. The topological polar surface area (TPSA) is 57.7 Å². The monoisotopic (exact) mass is 343 g/mol. The van der Waals surface area contributed by atoms with E-state index in [1.165, 1.54) is 10.0 Å². The molecule has 1 aliphatic rings. The van der Waals surface area contributed by atoms with Gasteiger partial charge in [-0.2, -0.15) is 5.10 Å². The third-order valence-corrected chi connectivity index (χ3v) is 4.72. The number of aromatic amines is 1. The van der Waals surface area contributed by atoms with Crippen molar-refractivity contribution in [2.24, 2.45) is 5.92 Å². The number of hydrogen-bond acceptors (Lipinski definition) is 4. The van der Waals surface area contributed by atoms with Crippen molar-refractivity contribution in [3.05, 3.63) is 46.8 Å². The van der Waals surface area contributed by atoms with E-state index in [2.05, 4.69) is 65.3 Å². The largest absolute Gasteiger partial charge is 0.355 e. The molecule has 0 unspecified atom stereocenters. The van der Waals surface area contributed by atoms with E-state index in [-0.39, 0.29) is 0 Å². The molecular weight excluding hydrogens is 330 g/mol. The first kappa shape index (κ1) is 12.8. The highest BCUT2D eigenvalue weighted by Crippen LogP contribution is 2.30. The standard InChI is InChI=1S/C15H14BrN5/c16-13-4-2-1-3-11(13)5-10-7-21(8-10)15-12-6-19-20-14(12)17-9-18-15/h1-4,6,9-10H,5,7-8H2,(H,17,18,19,20). The predicted octanol–water partition coefficient (Wildman–Crippen LogP) is 2.79. The van der Waals surface area contributed by atoms with Crippen molar-refractivity contribution in [2.45, 2.75) is 6.42 Å². The van der Waals surface area contributed by atoms with Crippen LogP contribution < -0.4 is 4.90 Å². The first-order chi connectivity index (χ1) is 10.3. The van der Waals surface area contributed by atoms with Gasteiger partial charge in [-0.25, -0.2) is 9.97 Å². The lowest BCUT2D eigenvalue weighted by Crippen LogP contribution is -2.48. The quantitative estimate of drug-likeness (QED) is 0.794. The predicted molar refractivity (Wildman–Crippen MR) is 85.2 cm³/mol. The summed E-state index contributed by atoms with van der Waals surface area (Å²) in [6.07, 6.45) is 4.49. The Morgan fingerprint density at radius 2 is 2.10 bits per heavy atom. The van der Waals surface area contributed by atoms with Gasteiger partial charge in [-0.15, -0.1) is 0 Å². The van der Waals surface area contributed by atoms with Crippen LogP contribution in [0.3, 0.4) is 0 Å². The van der Waals surface area contributed by atoms with E-state index in [0.717, 1.165) is 36.4 Å². The molecule has 1 aliphatic heterocycles. The Kier molecular flexibility index (Phi) is 3.11. The van der Waals surface area contributed by atoms with Crippen LogP contribution in [-0.2, 0) is 6.42 Å². The number of halogens is 1. The molecule has 0 saturated carbocycles. The number of rotatable bonds is 3. The van der Waals surface area contributed by atoms with Gasteiger partial charge >= 0.3 is 0 Å². The molecule has 3 heterocycles. The van der Waals surface area contributed by atoms with Crippen LogP contribution in [0.4, 0.5) is 5.82 Å². The fourth-order valence-corrected chi connectivity index (χ4v) is 3.30. The highest BCUT2D eigenvalue weighted by molar-refractivity contribution is 9.10. The minimum absolute atomic E-state index is 0.667. The smallest absolute Gasteiger partial charge is 0.160 e. The van der Waals surface area contributed by atoms with Crippen molar-refractivity contribution in [2.75, 3.05) is 18.0 Å². The summed E-state index contributed by atoms with van der Waals surface area (Å²) in [4.78, 5) is 10.9. The summed E-state index contributed by atoms with van der Waals surface area (Å²) in [5.41, 5.74) is 2.17. The lowest BCUT2D eigenvalue weighted by atomic mass is 9.92. The van der Waals surface area contributed by atoms with Crippen LogP contribution in [0.1, 0.15) is 5.56 Å². The molecule has 106 valence electrons. The number of benzene rings is 1. The van der Waals surface area contributed by atoms with Crippen molar-refractivity contribution < 1.29 is 0 Å². The van der Waals surface area contributed by atoms with E-state index < -0.39 is 0 Å². The van der Waals surface area contributed by atoms with E-state index in [4.69, 9.17) is 0 Å². The summed E-state index contributed by atoms with van der Waals surface area (Å²) in [7, 11) is 0. The number of nitrogens with zero attached hydrogens (tertiary/aromatic N) is 4. The van der Waals surface area contributed by atoms with E-state index in [9.17, 15) is 0 Å². The third kappa shape index (κ3) is 2.29. The minimum Gasteiger partial charge on any atom is -0.355 e. The number of anilines is 1. The van der Waals surface area contributed by atoms with Crippen LogP contribution in [0, 0.1) is 5.92 Å². The van der Waals surface area contributed by atoms with Gasteiger partial charge in [-0.1, -0.05) is 34.1 Å². The molecule has 5 nitrogen and oxygen atoms in total. The van der Waals surface area contributed by atoms with E-state index in [1.807, 2.05) is 0 Å². The summed E-state index contributed by atoms with van der Waals surface area (Å²) in [6, 6.07) is 8.43. The van der Waals surface area contributed by atoms with Crippen LogP contribution in [0.15, 0.2) is 41.3 Å². The van der Waals surface area contributed by atoms with Crippen molar-refractivity contribution >= 4 is 32.8 Å². The molecule has 2 aromatic heterocycles. The molecule has 21 heavy (non-hydrogen) atoms. The molecule has 1 aromatic carbocycles. The Hall–Kier alpha value is -1.95. The van der Waals surface area contributed by atoms with Gasteiger partial charge in [0.2, 0.25) is 0 Å². The van der Waals surface area contributed by atoms with Crippen LogP contribution in [0.25, 0.3) is 11.0 Å². The van der Waals surface area contributed by atoms with E-state index >= 15 is 0 Å². The maximum Gasteiger partial charge on any atom is 0.160 e. The molecule has 0 amide bonds. The Labute approximate surface area is 130 Å². The fourth-order valence-electron chi connectivity index (χ4n) is 2.85. The molecule has 0 atom stereocenters. The lowest BCUT2D eigenvalue weighted by Gasteiger charge is -2.40. The highest BCUT2D eigenvalue weighted by atomic mass is 79.9. The summed E-state index contributed by atoms with van der Waals surface area (Å²) in [6.45, 7) is 2.05. The van der Waals surface area contributed by atoms with Crippen molar-refractivity contribution in [3.63, 3.8) is 0 Å². The van der Waals surface area contributed by atoms with Crippen LogP contribution in [0.5, 0.6) is 0 Å². The normalized spacial score (nSPS) is 15.4. The van der Waals surface area contributed by atoms with Crippen LogP contribution in [0.2, 0.25) is 0 Å². The molecule has 0 spiro atoms. The molecule has 0 radical (unpaired) electrons. The summed E-state index contributed by atoms with van der Waals surface area (Å²) in [5.74, 6) is 1.65. The maximum absolute atomic E-state index is 4.41. The minimum atomic E-state index is 0.667. The molecule has 6 heteroatoms. The maximum atomic E-state index is 4.41. The number of hydrogen-bond donors (Lipinski definition) is 1. The zero-order valence-electron chi connectivity index (χ0n) is 11.3. The van der Waals surface area contributed by atoms with Crippen molar-refractivity contribution in [1.29, 1.82) is 0 Å². The molecule has 1 saturated heterocycles. The van der Waals surface area contributed by atoms with Gasteiger partial charge in [-0.05, 0) is 24.0 Å². The van der Waals surface area contributed by atoms with Gasteiger partial charge in [0.15, 0.2) is 5.65 Å². The summed E-state index contributed by atoms with van der Waals surface area (Å²) in [5, 5.41) is 7.93. The third-order valence-electron chi connectivity index (χ3n) is 3.95. The van der Waals surface area contributed by atoms with Gasteiger partial charge in [0.05, 0.1) is 11.6 Å². The Balaban J connectivity index is 1.48. The van der Waals surface area contributed by atoms with Gasteiger partial charge in [0.25, 0.3) is 0 Å². The van der Waals surface area contributed by atoms with Gasteiger partial charge in [0.1, 0.15) is 12.1 Å². The molecule has 0 aliphatic carbocycles. The molecule has 4 rings (SSSR count). The van der Waals surface area contributed by atoms with Crippen molar-refractivity contribution in [1.82, 2.24) is 20.2 Å². The van der Waals surface area contributed by atoms with Gasteiger partial charge in [-0.3, -0.25) is 5.10 Å². The zero-order valence-corrected chi connectivity index (χ0v) is 12.9. The van der Waals surface area contributed by atoms with E-state index in [0.29, 0.717) is 5.92 Å². The lowest BCUT2D eigenvalue weighted by molar-refractivity contribution is 0.405. The van der Waals surface area contributed by atoms with Gasteiger partial charge < -0.3 is 4.90 Å². The second-order valence-corrected chi connectivity index (χ2v) is 6.25. The van der Waals surface area contributed by atoms with Crippen molar-refractivity contribution in [3.8, 4) is 0 Å². The second-order valence-electron chi connectivity index (χ2n) is 5.40. The summed E-state index contributed by atoms with van der Waals surface area (Å²) >= 11 is 3.62. The number of fused-ring (bicyclic) bond motifs is 1. The second kappa shape index (κ2) is 5.11. The number of aromatic nitrogens is 4. The molecule has 3 aromatic rings. The molecule has 0 bridgehead atoms. The number of H-pyrrole nitrogens is 1. The Morgan fingerprint density at radius 1 is 1.24 bits per heavy atom. The van der Waals surface area contributed by atoms with Crippen LogP contribution >= 0.6 is 15.9 Å². The Bertz CT molecular complexity index is 778. The number of nitrogens with one attached hydrogen (secondary N) is 1. The molecule has 1 fully saturated rings. The van der Waals surface area contributed by atoms with Gasteiger partial charge in [0, 0.05) is 17.6 Å². The highest BCUT2D eigenvalue weighted by Gasteiger charge is 2.29. The first-order valence-corrected chi connectivity index (χ1v) is 7.73. The zero-order chi connectivity index (χ0) is 14.2. The average Bonchev–Trinajstić information content (AvgIpc) is 2.93. The molecule has 1 N–H and O–H groups in total.